The minimum absolute atomic E-state index is 0. The summed E-state index contributed by atoms with van der Waals surface area (Å²) in [7, 11) is -4.22. The highest BCUT2D eigenvalue weighted by molar-refractivity contribution is 7.90. The third kappa shape index (κ3) is 7.98. The number of carbonyl (C=O) groups is 1. The number of anilines is 1. The number of halogens is 1. The van der Waals surface area contributed by atoms with Crippen LogP contribution in [0.3, 0.4) is 0 Å². The van der Waals surface area contributed by atoms with Gasteiger partial charge in [-0.15, -0.1) is 0 Å². The summed E-state index contributed by atoms with van der Waals surface area (Å²) in [5, 5.41) is 2.77. The van der Waals surface area contributed by atoms with Crippen LogP contribution in [0.15, 0.2) is 53.6 Å². The number of carbonyl (C=O) groups excluding carboxylic acids is 1. The summed E-state index contributed by atoms with van der Waals surface area (Å²) >= 11 is 0. The first kappa shape index (κ1) is 29.0. The Morgan fingerprint density at radius 1 is 1.08 bits per heavy atom. The van der Waals surface area contributed by atoms with Crippen molar-refractivity contribution in [1.29, 1.82) is 0 Å². The van der Waals surface area contributed by atoms with E-state index >= 15 is 0 Å². The third-order valence-electron chi connectivity index (χ3n) is 5.52. The van der Waals surface area contributed by atoms with E-state index < -0.39 is 21.7 Å². The molecule has 0 bridgehead atoms. The van der Waals surface area contributed by atoms with E-state index in [2.05, 4.69) is 20.0 Å². The normalized spacial score (nSPS) is 11.4. The summed E-state index contributed by atoms with van der Waals surface area (Å²) in [6.45, 7) is 9.07. The first-order valence-electron chi connectivity index (χ1n) is 12.8. The Labute approximate surface area is 227 Å². The zero-order valence-corrected chi connectivity index (χ0v) is 23.1. The van der Waals surface area contributed by atoms with Crippen LogP contribution in [0.25, 0.3) is 11.3 Å². The first-order valence-corrected chi connectivity index (χ1v) is 14.3. The van der Waals surface area contributed by atoms with Gasteiger partial charge in [-0.05, 0) is 61.6 Å². The number of aromatic nitrogens is 2. The molecule has 2 heterocycles. The van der Waals surface area contributed by atoms with Crippen LogP contribution in [0.4, 0.5) is 10.2 Å². The Bertz CT molecular complexity index is 1370. The van der Waals surface area contributed by atoms with Crippen molar-refractivity contribution in [3.8, 4) is 17.0 Å². The quantitative estimate of drug-likeness (QED) is 0.267. The molecule has 1 amide bonds. The molecule has 38 heavy (non-hydrogen) atoms. The summed E-state index contributed by atoms with van der Waals surface area (Å²) in [5.74, 6) is -0.191. The number of ether oxygens (including phenoxy) is 1. The Morgan fingerprint density at radius 3 is 2.58 bits per heavy atom. The molecule has 1 aromatic carbocycles. The average Bonchev–Trinajstić information content (AvgIpc) is 2.89. The standard InChI is InChI=1S/C28H35FN4O4S.2H2/c1-5-7-9-25-23(28(34)33-38(35,36)27-11-8-10-26(32-27)30-14-6-2)12-13-24(31-25)20-15-21(29)17-22(16-20)37-18-19(3)4;;/h8,10-13,15-17,19H,5-7,9,14,18H2,1-4H3,(H,30,32)(H,33,34);2*1H. The number of pyridine rings is 2. The van der Waals surface area contributed by atoms with Crippen LogP contribution in [0, 0.1) is 11.7 Å². The summed E-state index contributed by atoms with van der Waals surface area (Å²) in [6, 6.07) is 12.0. The number of hydrogen-bond acceptors (Lipinski definition) is 7. The minimum atomic E-state index is -4.22. The van der Waals surface area contributed by atoms with Crippen molar-refractivity contribution in [2.75, 3.05) is 18.5 Å². The van der Waals surface area contributed by atoms with E-state index in [1.54, 1.807) is 24.3 Å². The van der Waals surface area contributed by atoms with Gasteiger partial charge in [-0.2, -0.15) is 8.42 Å². The van der Waals surface area contributed by atoms with E-state index in [0.717, 1.165) is 19.3 Å². The molecule has 0 radical (unpaired) electrons. The van der Waals surface area contributed by atoms with E-state index in [4.69, 9.17) is 4.74 Å². The number of sulfonamides is 1. The van der Waals surface area contributed by atoms with Crippen LogP contribution in [0.2, 0.25) is 0 Å². The molecule has 0 spiro atoms. The predicted octanol–water partition coefficient (Wildman–Crippen LogP) is 6.09. The molecular formula is C28H39FN4O4S. The summed E-state index contributed by atoms with van der Waals surface area (Å²) in [5.41, 5.74) is 1.53. The van der Waals surface area contributed by atoms with E-state index in [1.165, 1.54) is 24.3 Å². The third-order valence-corrected chi connectivity index (χ3v) is 6.75. The molecule has 8 nitrogen and oxygen atoms in total. The monoisotopic (exact) mass is 546 g/mol. The largest absolute Gasteiger partial charge is 0.493 e. The number of nitrogens with one attached hydrogen (secondary N) is 2. The molecule has 0 saturated carbocycles. The van der Waals surface area contributed by atoms with Gasteiger partial charge in [-0.3, -0.25) is 9.78 Å². The highest BCUT2D eigenvalue weighted by Gasteiger charge is 2.23. The molecule has 2 N–H and O–H groups in total. The molecule has 0 saturated heterocycles. The van der Waals surface area contributed by atoms with Gasteiger partial charge >= 0.3 is 0 Å². The molecule has 10 heteroatoms. The fourth-order valence-corrected chi connectivity index (χ4v) is 4.54. The smallest absolute Gasteiger partial charge is 0.281 e. The molecule has 0 fully saturated rings. The van der Waals surface area contributed by atoms with Crippen molar-refractivity contribution in [3.63, 3.8) is 0 Å². The Morgan fingerprint density at radius 2 is 1.87 bits per heavy atom. The van der Waals surface area contributed by atoms with Crippen molar-refractivity contribution >= 4 is 21.7 Å². The molecular weight excluding hydrogens is 507 g/mol. The number of hydrogen-bond donors (Lipinski definition) is 2. The number of amides is 1. The van der Waals surface area contributed by atoms with Gasteiger partial charge in [0.2, 0.25) is 0 Å². The average molecular weight is 547 g/mol. The molecule has 2 aromatic heterocycles. The van der Waals surface area contributed by atoms with Crippen LogP contribution >= 0.6 is 0 Å². The molecule has 0 aliphatic rings. The van der Waals surface area contributed by atoms with Crippen molar-refractivity contribution < 1.29 is 25.2 Å². The van der Waals surface area contributed by atoms with E-state index in [9.17, 15) is 17.6 Å². The second-order valence-electron chi connectivity index (χ2n) is 9.40. The van der Waals surface area contributed by atoms with E-state index in [1.807, 2.05) is 27.7 Å². The summed E-state index contributed by atoms with van der Waals surface area (Å²) in [4.78, 5) is 21.9. The SMILES string of the molecule is CCCCc1nc(-c2cc(F)cc(OCC(C)C)c2)ccc1C(=O)NS(=O)(=O)c1cccc(NCCC)n1.[HH].[HH]. The fourth-order valence-electron chi connectivity index (χ4n) is 3.61. The molecule has 3 rings (SSSR count). The lowest BCUT2D eigenvalue weighted by Crippen LogP contribution is -2.32. The Kier molecular flexibility index (Phi) is 10.2. The molecule has 3 aromatic rings. The summed E-state index contributed by atoms with van der Waals surface area (Å²) < 4.78 is 48.0. The van der Waals surface area contributed by atoms with Gasteiger partial charge in [0.05, 0.1) is 23.6 Å². The Balaban J connectivity index is 0.00000400. The van der Waals surface area contributed by atoms with Gasteiger partial charge < -0.3 is 10.1 Å². The maximum absolute atomic E-state index is 14.3. The number of benzene rings is 1. The van der Waals surface area contributed by atoms with Gasteiger partial charge in [-0.1, -0.05) is 40.2 Å². The highest BCUT2D eigenvalue weighted by Crippen LogP contribution is 2.26. The van der Waals surface area contributed by atoms with Gasteiger partial charge in [0, 0.05) is 21.0 Å². The van der Waals surface area contributed by atoms with Gasteiger partial charge in [0.15, 0.2) is 5.03 Å². The minimum Gasteiger partial charge on any atom is -0.493 e. The lowest BCUT2D eigenvalue weighted by atomic mass is 10.0. The number of nitrogens with zero attached hydrogens (tertiary/aromatic N) is 2. The van der Waals surface area contributed by atoms with Crippen molar-refractivity contribution in [1.82, 2.24) is 14.7 Å². The van der Waals surface area contributed by atoms with Crippen LogP contribution in [-0.2, 0) is 16.4 Å². The number of aryl methyl sites for hydroxylation is 1. The van der Waals surface area contributed by atoms with Gasteiger partial charge in [0.1, 0.15) is 17.4 Å². The predicted molar refractivity (Wildman–Crippen MR) is 150 cm³/mol. The second-order valence-corrected chi connectivity index (χ2v) is 11.0. The molecule has 0 atom stereocenters. The summed E-state index contributed by atoms with van der Waals surface area (Å²) in [6.07, 6.45) is 2.89. The zero-order chi connectivity index (χ0) is 27.7. The van der Waals surface area contributed by atoms with E-state index in [-0.39, 0.29) is 19.4 Å². The molecule has 0 aliphatic heterocycles. The molecule has 0 aliphatic carbocycles. The van der Waals surface area contributed by atoms with Crippen LogP contribution < -0.4 is 14.8 Å². The van der Waals surface area contributed by atoms with Gasteiger partial charge in [0.25, 0.3) is 15.9 Å². The second kappa shape index (κ2) is 13.3. The van der Waals surface area contributed by atoms with Crippen LogP contribution in [0.5, 0.6) is 5.75 Å². The topological polar surface area (TPSA) is 110 Å². The first-order chi connectivity index (χ1) is 18.1. The van der Waals surface area contributed by atoms with Crippen molar-refractivity contribution in [2.45, 2.75) is 58.4 Å². The van der Waals surface area contributed by atoms with Gasteiger partial charge in [-0.25, -0.2) is 14.1 Å². The lowest BCUT2D eigenvalue weighted by molar-refractivity contribution is 0.0980. The lowest BCUT2D eigenvalue weighted by Gasteiger charge is -2.13. The fraction of sp³-hybridized carbons (Fsp3) is 0.393. The van der Waals surface area contributed by atoms with Crippen LogP contribution in [0.1, 0.15) is 65.9 Å². The van der Waals surface area contributed by atoms with Crippen molar-refractivity contribution in [2.24, 2.45) is 5.92 Å². The highest BCUT2D eigenvalue weighted by atomic mass is 32.2. The molecule has 0 unspecified atom stereocenters. The van der Waals surface area contributed by atoms with Crippen molar-refractivity contribution in [3.05, 3.63) is 65.6 Å². The number of unbranched alkanes of at least 4 members (excludes halogenated alkanes) is 1. The van der Waals surface area contributed by atoms with Crippen LogP contribution in [-0.4, -0.2) is 37.4 Å². The number of rotatable bonds is 13. The molecule has 208 valence electrons. The Hall–Kier alpha value is -3.53. The van der Waals surface area contributed by atoms with E-state index in [0.29, 0.717) is 48.1 Å². The zero-order valence-electron chi connectivity index (χ0n) is 22.3. The maximum Gasteiger partial charge on any atom is 0.281 e. The maximum atomic E-state index is 14.3.